The molecule has 3 fully saturated rings. The van der Waals surface area contributed by atoms with E-state index in [0.29, 0.717) is 106 Å². The van der Waals surface area contributed by atoms with Gasteiger partial charge in [-0.3, -0.25) is 19.8 Å². The molecule has 0 bridgehead atoms. The number of aliphatic hydroxyl groups is 1. The summed E-state index contributed by atoms with van der Waals surface area (Å²) < 4.78 is 55.3. The number of carbonyl (C=O) groups is 1. The van der Waals surface area contributed by atoms with Crippen LogP contribution in [0, 0.1) is 15.5 Å². The van der Waals surface area contributed by atoms with Crippen molar-refractivity contribution in [3.63, 3.8) is 0 Å². The molecule has 5 aromatic rings. The number of nitrogens with zero attached hydrogens (tertiary/aromatic N) is 5. The fourth-order valence-corrected chi connectivity index (χ4v) is 11.7. The van der Waals surface area contributed by atoms with Gasteiger partial charge in [-0.25, -0.2) is 13.1 Å². The summed E-state index contributed by atoms with van der Waals surface area (Å²) in [4.78, 5) is 40.4. The summed E-state index contributed by atoms with van der Waals surface area (Å²) in [6.45, 7) is 10.2. The van der Waals surface area contributed by atoms with E-state index >= 15 is 0 Å². The van der Waals surface area contributed by atoms with Crippen LogP contribution >= 0.6 is 11.6 Å². The Morgan fingerprint density at radius 2 is 1.82 bits per heavy atom. The molecule has 0 spiro atoms. The number of halogens is 1. The number of amides is 1. The van der Waals surface area contributed by atoms with Crippen LogP contribution in [0.2, 0.25) is 5.02 Å². The fraction of sp³-hybridized carbons (Fsp3) is 0.462. The summed E-state index contributed by atoms with van der Waals surface area (Å²) in [5.41, 5.74) is 5.99. The highest BCUT2D eigenvalue weighted by Crippen LogP contribution is 2.46. The highest BCUT2D eigenvalue weighted by molar-refractivity contribution is 7.90. The van der Waals surface area contributed by atoms with Crippen molar-refractivity contribution in [1.29, 1.82) is 0 Å². The maximum absolute atomic E-state index is 14.6. The molecule has 4 N–H and O–H groups in total. The van der Waals surface area contributed by atoms with Crippen molar-refractivity contribution in [1.82, 2.24) is 19.6 Å². The molecule has 72 heavy (non-hydrogen) atoms. The molecule has 3 saturated heterocycles. The number of aromatic nitrogens is 2. The minimum atomic E-state index is -4.65. The number of anilines is 4. The van der Waals surface area contributed by atoms with Crippen LogP contribution in [0.25, 0.3) is 16.6 Å². The molecule has 0 unspecified atom stereocenters. The second kappa shape index (κ2) is 21.0. The lowest BCUT2D eigenvalue weighted by atomic mass is 9.71. The number of H-pyrrole nitrogens is 1. The lowest BCUT2D eigenvalue weighted by Crippen LogP contribution is -2.56. The Balaban J connectivity index is 0.962. The molecule has 5 aliphatic rings. The molecule has 0 saturated carbocycles. The topological polar surface area (TPSA) is 214 Å². The molecule has 20 heteroatoms. The van der Waals surface area contributed by atoms with Crippen LogP contribution in [-0.4, -0.2) is 136 Å². The number of sulfonamides is 1. The maximum Gasteiger partial charge on any atom is 0.293 e. The van der Waals surface area contributed by atoms with Crippen LogP contribution in [0.3, 0.4) is 0 Å². The van der Waals surface area contributed by atoms with Crippen LogP contribution in [0.4, 0.5) is 28.4 Å². The molecule has 2 aromatic heterocycles. The van der Waals surface area contributed by atoms with E-state index in [1.54, 1.807) is 12.3 Å². The highest BCUT2D eigenvalue weighted by Gasteiger charge is 2.39. The first kappa shape index (κ1) is 49.8. The quantitative estimate of drug-likeness (QED) is 0.0780. The van der Waals surface area contributed by atoms with Crippen molar-refractivity contribution in [3.8, 4) is 5.88 Å². The monoisotopic (exact) mass is 1020 g/mol. The van der Waals surface area contributed by atoms with Crippen molar-refractivity contribution < 1.29 is 42.2 Å². The number of allylic oxidation sites excluding steroid dienone is 1. The molecule has 4 aliphatic heterocycles. The average molecular weight is 1030 g/mol. The first-order chi connectivity index (χ1) is 34.7. The number of nitro groups is 1. The highest BCUT2D eigenvalue weighted by atomic mass is 35.5. The van der Waals surface area contributed by atoms with Gasteiger partial charge in [-0.1, -0.05) is 37.6 Å². The number of nitro benzene ring substituents is 1. The summed E-state index contributed by atoms with van der Waals surface area (Å²) in [5.74, 6) is -0.552. The van der Waals surface area contributed by atoms with Gasteiger partial charge >= 0.3 is 0 Å². The van der Waals surface area contributed by atoms with Crippen LogP contribution in [-0.2, 0) is 24.2 Å². The van der Waals surface area contributed by atoms with Crippen molar-refractivity contribution >= 4 is 72.6 Å². The fourth-order valence-electron chi connectivity index (χ4n) is 10.6. The van der Waals surface area contributed by atoms with Gasteiger partial charge in [0.2, 0.25) is 5.88 Å². The van der Waals surface area contributed by atoms with Gasteiger partial charge in [0.25, 0.3) is 21.6 Å². The zero-order valence-corrected chi connectivity index (χ0v) is 42.1. The second-order valence-electron chi connectivity index (χ2n) is 20.1. The van der Waals surface area contributed by atoms with Gasteiger partial charge in [0.05, 0.1) is 65.2 Å². The zero-order valence-electron chi connectivity index (χ0n) is 40.5. The van der Waals surface area contributed by atoms with Crippen molar-refractivity contribution in [3.05, 3.63) is 111 Å². The number of aliphatic hydroxyl groups excluding tert-OH is 1. The normalized spacial score (nSPS) is 23.2. The second-order valence-corrected chi connectivity index (χ2v) is 22.3. The van der Waals surface area contributed by atoms with E-state index in [9.17, 15) is 28.4 Å². The molecule has 18 nitrogen and oxygen atoms in total. The third-order valence-electron chi connectivity index (χ3n) is 14.4. The third kappa shape index (κ3) is 10.9. The maximum atomic E-state index is 14.6. The first-order valence-corrected chi connectivity index (χ1v) is 26.6. The van der Waals surface area contributed by atoms with E-state index in [1.807, 2.05) is 41.3 Å². The minimum absolute atomic E-state index is 0.00150. The number of aromatic amines is 1. The Morgan fingerprint density at radius 3 is 2.62 bits per heavy atom. The van der Waals surface area contributed by atoms with Crippen molar-refractivity contribution in [2.24, 2.45) is 5.41 Å². The molecule has 3 aromatic carbocycles. The smallest absolute Gasteiger partial charge is 0.293 e. The van der Waals surface area contributed by atoms with Gasteiger partial charge in [0, 0.05) is 80.8 Å². The van der Waals surface area contributed by atoms with Gasteiger partial charge in [-0.2, -0.15) is 4.98 Å². The van der Waals surface area contributed by atoms with Crippen molar-refractivity contribution in [2.75, 3.05) is 87.4 Å². The molecule has 1 amide bonds. The Kier molecular flexibility index (Phi) is 14.5. The number of ether oxygens (including phenoxy) is 4. The molecule has 1 aliphatic carbocycles. The molecule has 0 radical (unpaired) electrons. The van der Waals surface area contributed by atoms with E-state index in [-0.39, 0.29) is 48.1 Å². The number of hydrogen-bond donors (Lipinski definition) is 4. The Bertz CT molecular complexity index is 2960. The number of hydrogen-bond acceptors (Lipinski definition) is 15. The summed E-state index contributed by atoms with van der Waals surface area (Å²) in [7, 11) is -4.65. The van der Waals surface area contributed by atoms with Crippen LogP contribution in [0.1, 0.15) is 68.3 Å². The Labute approximate surface area is 423 Å². The summed E-state index contributed by atoms with van der Waals surface area (Å²) in [6, 6.07) is 20.8. The number of rotatable bonds is 10. The lowest BCUT2D eigenvalue weighted by Gasteiger charge is -2.45. The predicted octanol–water partition coefficient (Wildman–Crippen LogP) is 7.69. The third-order valence-corrected chi connectivity index (χ3v) is 16.0. The number of carbonyl (C=O) groups excluding carboxylic acids is 1. The van der Waals surface area contributed by atoms with E-state index in [0.717, 1.165) is 42.0 Å². The average Bonchev–Trinajstić information content (AvgIpc) is 3.71. The van der Waals surface area contributed by atoms with E-state index in [4.69, 9.17) is 35.5 Å². The first-order valence-electron chi connectivity index (χ1n) is 24.8. The summed E-state index contributed by atoms with van der Waals surface area (Å²) in [5, 5.41) is 26.6. The van der Waals surface area contributed by atoms with E-state index in [2.05, 4.69) is 50.8 Å². The molecule has 4 atom stereocenters. The molecule has 10 rings (SSSR count). The SMILES string of the molecule is CC1(C)CC(c2ccc(Cl)cc2)=C2CN3CCN(c4ccc(C(=O)NS(=O)(=O)c5ccc(NC[C@H]6CC[C@H](O)CO6)c([N+](=O)[O-])c5)c(N5CCCOc6nc7[nH]ccc7cc65)c4)C[C@H]3COCCCO[C@@H]2C1. The van der Waals surface area contributed by atoms with E-state index < -0.39 is 37.5 Å². The van der Waals surface area contributed by atoms with Crippen LogP contribution in [0.15, 0.2) is 89.5 Å². The van der Waals surface area contributed by atoms with Crippen molar-refractivity contribution in [2.45, 2.75) is 81.6 Å². The van der Waals surface area contributed by atoms with Gasteiger partial charge in [-0.15, -0.1) is 0 Å². The largest absolute Gasteiger partial charge is 0.476 e. The summed E-state index contributed by atoms with van der Waals surface area (Å²) >= 11 is 6.37. The standard InChI is InChI=1S/C52H61ClN8O10S/c1-52(2)26-42(33-5-7-35(53)8-6-33)43-30-59-19-18-58(29-37(59)31-68-20-4-22-69-48(43)27-52)36-9-13-41(45(24-36)60-17-3-21-70-51-47(60)23-34-15-16-54-49(34)56-51)50(63)57-72(66,67)40-12-14-44(46(25-40)61(64)65)55-28-39-11-10-38(62)32-71-39/h5-9,12-16,23-25,37-39,48,55,62H,3-4,10-11,17-22,26-32H2,1-2H3,(H,54,56)(H,57,63)/t37-,38-,39+,48+/m0/s1. The lowest BCUT2D eigenvalue weighted by molar-refractivity contribution is -0.384. The van der Waals surface area contributed by atoms with Gasteiger partial charge in [0.15, 0.2) is 0 Å². The Hall–Kier alpha value is -5.80. The molecular weight excluding hydrogens is 964 g/mol. The number of piperazine rings is 1. The number of pyridine rings is 1. The van der Waals surface area contributed by atoms with Gasteiger partial charge < -0.3 is 44.2 Å². The molecule has 382 valence electrons. The van der Waals surface area contributed by atoms with Gasteiger partial charge in [0.1, 0.15) is 17.0 Å². The number of nitrogens with one attached hydrogen (secondary N) is 3. The molecule has 6 heterocycles. The Morgan fingerprint density at radius 1 is 0.972 bits per heavy atom. The van der Waals surface area contributed by atoms with Crippen LogP contribution < -0.4 is 24.6 Å². The van der Waals surface area contributed by atoms with Crippen LogP contribution in [0.5, 0.6) is 5.88 Å². The number of fused-ring (bicyclic) bond motifs is 4. The summed E-state index contributed by atoms with van der Waals surface area (Å²) in [6.07, 6.45) is 5.16. The van der Waals surface area contributed by atoms with E-state index in [1.165, 1.54) is 23.3 Å². The molecular formula is C52H61ClN8O10S. The minimum Gasteiger partial charge on any atom is -0.476 e. The number of benzene rings is 3. The zero-order chi connectivity index (χ0) is 50.1. The van der Waals surface area contributed by atoms with Gasteiger partial charge in [-0.05, 0) is 115 Å². The predicted molar refractivity (Wildman–Crippen MR) is 275 cm³/mol.